The monoisotopic (exact) mass is 363 g/mol. The second-order valence-corrected chi connectivity index (χ2v) is 8.45. The minimum Gasteiger partial charge on any atom is -0.351 e. The Bertz CT molecular complexity index is 871. The average molecular weight is 363 g/mol. The summed E-state index contributed by atoms with van der Waals surface area (Å²) < 4.78 is 37.7. The molecule has 0 aliphatic rings. The molecule has 0 bridgehead atoms. The molecule has 2 aromatic rings. The molecule has 0 aliphatic heterocycles. The lowest BCUT2D eigenvalue weighted by molar-refractivity contribution is -0.118. The summed E-state index contributed by atoms with van der Waals surface area (Å²) in [5, 5.41) is 2.57. The van der Waals surface area contributed by atoms with Crippen LogP contribution in [-0.2, 0) is 26.9 Å². The van der Waals surface area contributed by atoms with Gasteiger partial charge in [0.15, 0.2) is 9.84 Å². The van der Waals surface area contributed by atoms with Crippen LogP contribution in [0.5, 0.6) is 0 Å². The van der Waals surface area contributed by atoms with Crippen LogP contribution in [0.2, 0.25) is 0 Å². The molecule has 0 radical (unpaired) electrons. The van der Waals surface area contributed by atoms with E-state index in [1.54, 1.807) is 19.1 Å². The van der Waals surface area contributed by atoms with E-state index in [1.807, 2.05) is 32.0 Å². The maximum absolute atomic E-state index is 13.2. The SMILES string of the molecule is Cc1cc(C)cc(CS(=O)(=O)CC(=O)NCc2ccc(F)c(C)c2)c1. The highest BCUT2D eigenvalue weighted by Crippen LogP contribution is 2.13. The van der Waals surface area contributed by atoms with Crippen molar-refractivity contribution in [1.82, 2.24) is 5.32 Å². The molecule has 0 atom stereocenters. The predicted molar refractivity (Wildman–Crippen MR) is 96.4 cm³/mol. The van der Waals surface area contributed by atoms with E-state index >= 15 is 0 Å². The van der Waals surface area contributed by atoms with E-state index in [0.717, 1.165) is 16.7 Å². The van der Waals surface area contributed by atoms with Crippen LogP contribution < -0.4 is 5.32 Å². The normalized spacial score (nSPS) is 11.4. The van der Waals surface area contributed by atoms with Gasteiger partial charge < -0.3 is 5.32 Å². The molecule has 4 nitrogen and oxygen atoms in total. The maximum atomic E-state index is 13.2. The number of aryl methyl sites for hydroxylation is 3. The molecule has 0 heterocycles. The highest BCUT2D eigenvalue weighted by atomic mass is 32.2. The number of sulfone groups is 1. The van der Waals surface area contributed by atoms with Crippen LogP contribution in [-0.4, -0.2) is 20.1 Å². The first-order chi connectivity index (χ1) is 11.6. The summed E-state index contributed by atoms with van der Waals surface area (Å²) in [4.78, 5) is 11.9. The molecule has 0 saturated heterocycles. The van der Waals surface area contributed by atoms with E-state index in [9.17, 15) is 17.6 Å². The summed E-state index contributed by atoms with van der Waals surface area (Å²) in [6.07, 6.45) is 0. The van der Waals surface area contributed by atoms with Crippen molar-refractivity contribution in [2.24, 2.45) is 0 Å². The Labute approximate surface area is 148 Å². The number of hydrogen-bond acceptors (Lipinski definition) is 3. The van der Waals surface area contributed by atoms with E-state index < -0.39 is 21.5 Å². The van der Waals surface area contributed by atoms with Gasteiger partial charge in [-0.1, -0.05) is 41.5 Å². The predicted octanol–water partition coefficient (Wildman–Crippen LogP) is 2.98. The molecule has 0 spiro atoms. The molecule has 0 aromatic heterocycles. The standard InChI is InChI=1S/C19H22FNO3S/c1-13-6-14(2)8-17(7-13)11-25(23,24)12-19(22)21-10-16-4-5-18(20)15(3)9-16/h4-9H,10-12H2,1-3H3,(H,21,22). The fourth-order valence-electron chi connectivity index (χ4n) is 2.73. The molecule has 1 N–H and O–H groups in total. The van der Waals surface area contributed by atoms with Crippen molar-refractivity contribution in [3.63, 3.8) is 0 Å². The van der Waals surface area contributed by atoms with Crippen molar-refractivity contribution in [3.8, 4) is 0 Å². The first-order valence-corrected chi connectivity index (χ1v) is 9.76. The second kappa shape index (κ2) is 7.78. The number of nitrogens with one attached hydrogen (secondary N) is 1. The molecule has 2 rings (SSSR count). The lowest BCUT2D eigenvalue weighted by atomic mass is 10.1. The molecule has 2 aromatic carbocycles. The summed E-state index contributed by atoms with van der Waals surface area (Å²) in [5.41, 5.74) is 3.86. The molecule has 134 valence electrons. The van der Waals surface area contributed by atoms with E-state index in [4.69, 9.17) is 0 Å². The van der Waals surface area contributed by atoms with Gasteiger partial charge in [0.25, 0.3) is 0 Å². The first-order valence-electron chi connectivity index (χ1n) is 7.94. The Morgan fingerprint density at radius 1 is 1.00 bits per heavy atom. The average Bonchev–Trinajstić information content (AvgIpc) is 2.46. The van der Waals surface area contributed by atoms with Gasteiger partial charge in [0.2, 0.25) is 5.91 Å². The zero-order valence-corrected chi connectivity index (χ0v) is 15.4. The largest absolute Gasteiger partial charge is 0.351 e. The highest BCUT2D eigenvalue weighted by Gasteiger charge is 2.17. The van der Waals surface area contributed by atoms with Crippen LogP contribution in [0.4, 0.5) is 4.39 Å². The van der Waals surface area contributed by atoms with E-state index in [-0.39, 0.29) is 18.1 Å². The van der Waals surface area contributed by atoms with Gasteiger partial charge in [-0.25, -0.2) is 12.8 Å². The lowest BCUT2D eigenvalue weighted by Crippen LogP contribution is -2.30. The second-order valence-electron chi connectivity index (χ2n) is 6.39. The zero-order valence-electron chi connectivity index (χ0n) is 14.6. The van der Waals surface area contributed by atoms with Gasteiger partial charge in [0.05, 0.1) is 5.75 Å². The van der Waals surface area contributed by atoms with Crippen LogP contribution in [0.15, 0.2) is 36.4 Å². The van der Waals surface area contributed by atoms with Crippen molar-refractivity contribution in [2.75, 3.05) is 5.75 Å². The number of amides is 1. The van der Waals surface area contributed by atoms with Crippen molar-refractivity contribution in [3.05, 3.63) is 70.0 Å². The lowest BCUT2D eigenvalue weighted by Gasteiger charge is -2.09. The molecule has 0 saturated carbocycles. The molecule has 25 heavy (non-hydrogen) atoms. The van der Waals surface area contributed by atoms with E-state index in [0.29, 0.717) is 11.1 Å². The van der Waals surface area contributed by atoms with Gasteiger partial charge in [-0.15, -0.1) is 0 Å². The highest BCUT2D eigenvalue weighted by molar-refractivity contribution is 7.91. The quantitative estimate of drug-likeness (QED) is 0.858. The maximum Gasteiger partial charge on any atom is 0.235 e. The number of carbonyl (C=O) groups is 1. The molecule has 1 amide bonds. The number of rotatable bonds is 6. The minimum atomic E-state index is -3.56. The van der Waals surface area contributed by atoms with Gasteiger partial charge in [-0.3, -0.25) is 4.79 Å². The smallest absolute Gasteiger partial charge is 0.235 e. The van der Waals surface area contributed by atoms with Gasteiger partial charge in [-0.2, -0.15) is 0 Å². The summed E-state index contributed by atoms with van der Waals surface area (Å²) in [7, 11) is -3.56. The molecular weight excluding hydrogens is 341 g/mol. The summed E-state index contributed by atoms with van der Waals surface area (Å²) in [6, 6.07) is 10.1. The number of halogens is 1. The van der Waals surface area contributed by atoms with Crippen LogP contribution >= 0.6 is 0 Å². The summed E-state index contributed by atoms with van der Waals surface area (Å²) >= 11 is 0. The van der Waals surface area contributed by atoms with Crippen molar-refractivity contribution in [1.29, 1.82) is 0 Å². The molecule has 0 aliphatic carbocycles. The third-order valence-corrected chi connectivity index (χ3v) is 5.21. The topological polar surface area (TPSA) is 63.2 Å². The van der Waals surface area contributed by atoms with Gasteiger partial charge in [0.1, 0.15) is 11.6 Å². The zero-order chi connectivity index (χ0) is 18.6. The van der Waals surface area contributed by atoms with Gasteiger partial charge in [-0.05, 0) is 43.5 Å². The van der Waals surface area contributed by atoms with Gasteiger partial charge in [0, 0.05) is 6.54 Å². The Morgan fingerprint density at radius 2 is 1.64 bits per heavy atom. The fourth-order valence-corrected chi connectivity index (χ4v) is 4.00. The Hall–Kier alpha value is -2.21. The van der Waals surface area contributed by atoms with E-state index in [2.05, 4.69) is 5.32 Å². The van der Waals surface area contributed by atoms with Crippen LogP contribution in [0.3, 0.4) is 0 Å². The molecular formula is C19H22FNO3S. The van der Waals surface area contributed by atoms with Crippen molar-refractivity contribution >= 4 is 15.7 Å². The van der Waals surface area contributed by atoms with Crippen molar-refractivity contribution < 1.29 is 17.6 Å². The van der Waals surface area contributed by atoms with Crippen LogP contribution in [0.25, 0.3) is 0 Å². The number of carbonyl (C=O) groups excluding carboxylic acids is 1. The van der Waals surface area contributed by atoms with E-state index in [1.165, 1.54) is 6.07 Å². The Kier molecular flexibility index (Phi) is 5.95. The first kappa shape index (κ1) is 19.1. The number of benzene rings is 2. The third-order valence-electron chi connectivity index (χ3n) is 3.73. The minimum absolute atomic E-state index is 0.166. The van der Waals surface area contributed by atoms with Crippen molar-refractivity contribution in [2.45, 2.75) is 33.1 Å². The fraction of sp³-hybridized carbons (Fsp3) is 0.316. The Balaban J connectivity index is 1.95. The van der Waals surface area contributed by atoms with Gasteiger partial charge >= 0.3 is 0 Å². The molecule has 0 fully saturated rings. The van der Waals surface area contributed by atoms with Crippen LogP contribution in [0.1, 0.15) is 27.8 Å². The third kappa shape index (κ3) is 5.98. The summed E-state index contributed by atoms with van der Waals surface area (Å²) in [6.45, 7) is 5.61. The van der Waals surface area contributed by atoms with Crippen LogP contribution in [0, 0.1) is 26.6 Å². The number of hydrogen-bond donors (Lipinski definition) is 1. The molecule has 6 heteroatoms. The molecule has 0 unspecified atom stereocenters. The Morgan fingerprint density at radius 3 is 2.24 bits per heavy atom. The summed E-state index contributed by atoms with van der Waals surface area (Å²) in [5.74, 6) is -1.61.